The summed E-state index contributed by atoms with van der Waals surface area (Å²) in [6.07, 6.45) is 2.10. The minimum atomic E-state index is -0.228. The summed E-state index contributed by atoms with van der Waals surface area (Å²) < 4.78 is 5.21. The van der Waals surface area contributed by atoms with Crippen molar-refractivity contribution in [3.63, 3.8) is 0 Å². The molecule has 0 bridgehead atoms. The number of aryl methyl sites for hydroxylation is 1. The maximum Gasteiger partial charge on any atom is 0.315 e. The van der Waals surface area contributed by atoms with Gasteiger partial charge < -0.3 is 20.3 Å². The molecule has 6 nitrogen and oxygen atoms in total. The number of urea groups is 1. The first-order valence-electron chi connectivity index (χ1n) is 9.18. The third kappa shape index (κ3) is 5.23. The fourth-order valence-electron chi connectivity index (χ4n) is 3.21. The summed E-state index contributed by atoms with van der Waals surface area (Å²) in [5, 5.41) is 5.76. The molecule has 0 radical (unpaired) electrons. The van der Waals surface area contributed by atoms with Crippen LogP contribution < -0.4 is 20.3 Å². The molecular formula is C21H25N3O3. The molecule has 2 aromatic rings. The summed E-state index contributed by atoms with van der Waals surface area (Å²) in [6, 6.07) is 17.1. The van der Waals surface area contributed by atoms with Crippen LogP contribution in [0.2, 0.25) is 0 Å². The van der Waals surface area contributed by atoms with Gasteiger partial charge in [-0.05, 0) is 30.5 Å². The molecule has 0 saturated carbocycles. The fraction of sp³-hybridized carbons (Fsp3) is 0.333. The molecule has 1 saturated heterocycles. The summed E-state index contributed by atoms with van der Waals surface area (Å²) in [5.74, 6) is 0.700. The Morgan fingerprint density at radius 3 is 2.78 bits per heavy atom. The first kappa shape index (κ1) is 18.8. The van der Waals surface area contributed by atoms with E-state index in [0.29, 0.717) is 25.3 Å². The molecule has 3 rings (SSSR count). The van der Waals surface area contributed by atoms with E-state index < -0.39 is 0 Å². The van der Waals surface area contributed by atoms with Gasteiger partial charge in [-0.3, -0.25) is 4.79 Å². The van der Waals surface area contributed by atoms with Gasteiger partial charge in [-0.15, -0.1) is 0 Å². The van der Waals surface area contributed by atoms with Gasteiger partial charge in [0.15, 0.2) is 0 Å². The Hall–Kier alpha value is -3.02. The van der Waals surface area contributed by atoms with Crippen molar-refractivity contribution in [1.29, 1.82) is 0 Å². The van der Waals surface area contributed by atoms with Crippen molar-refractivity contribution in [2.75, 3.05) is 25.1 Å². The highest BCUT2D eigenvalue weighted by Crippen LogP contribution is 2.25. The fourth-order valence-corrected chi connectivity index (χ4v) is 3.21. The van der Waals surface area contributed by atoms with Crippen molar-refractivity contribution in [3.8, 4) is 5.75 Å². The Kier molecular flexibility index (Phi) is 6.30. The molecule has 1 aliphatic rings. The normalized spacial score (nSPS) is 16.3. The van der Waals surface area contributed by atoms with Crippen molar-refractivity contribution >= 4 is 17.6 Å². The van der Waals surface area contributed by atoms with E-state index in [4.69, 9.17) is 4.74 Å². The minimum absolute atomic E-state index is 0.00219. The van der Waals surface area contributed by atoms with E-state index in [1.807, 2.05) is 42.5 Å². The van der Waals surface area contributed by atoms with E-state index in [1.165, 1.54) is 5.56 Å². The molecule has 3 amide bonds. The number of carbonyl (C=O) groups excluding carboxylic acids is 2. The van der Waals surface area contributed by atoms with E-state index in [0.717, 1.165) is 18.5 Å². The van der Waals surface area contributed by atoms with E-state index in [1.54, 1.807) is 12.0 Å². The van der Waals surface area contributed by atoms with E-state index in [-0.39, 0.29) is 18.0 Å². The second-order valence-corrected chi connectivity index (χ2v) is 6.60. The van der Waals surface area contributed by atoms with Crippen molar-refractivity contribution in [3.05, 3.63) is 60.2 Å². The molecule has 6 heteroatoms. The van der Waals surface area contributed by atoms with Crippen LogP contribution >= 0.6 is 0 Å². The molecule has 1 heterocycles. The zero-order valence-corrected chi connectivity index (χ0v) is 15.5. The monoisotopic (exact) mass is 367 g/mol. The Balaban J connectivity index is 1.43. The van der Waals surface area contributed by atoms with Gasteiger partial charge in [0.2, 0.25) is 5.91 Å². The number of amides is 3. The number of hydrogen-bond acceptors (Lipinski definition) is 3. The third-order valence-corrected chi connectivity index (χ3v) is 4.60. The molecule has 0 spiro atoms. The first-order chi connectivity index (χ1) is 13.2. The number of methoxy groups -OCH3 is 1. The molecule has 1 fully saturated rings. The Bertz CT molecular complexity index is 779. The molecule has 1 atom stereocenters. The lowest BCUT2D eigenvalue weighted by Gasteiger charge is -2.18. The van der Waals surface area contributed by atoms with Gasteiger partial charge in [0.05, 0.1) is 13.2 Å². The van der Waals surface area contributed by atoms with Crippen LogP contribution in [0.25, 0.3) is 0 Å². The second kappa shape index (κ2) is 9.07. The number of hydrogen-bond donors (Lipinski definition) is 2. The van der Waals surface area contributed by atoms with Crippen LogP contribution in [-0.2, 0) is 11.2 Å². The highest BCUT2D eigenvalue weighted by atomic mass is 16.5. The van der Waals surface area contributed by atoms with Gasteiger partial charge in [-0.25, -0.2) is 4.79 Å². The zero-order valence-electron chi connectivity index (χ0n) is 15.5. The number of ether oxygens (including phenoxy) is 1. The summed E-state index contributed by atoms with van der Waals surface area (Å²) >= 11 is 0. The van der Waals surface area contributed by atoms with Crippen LogP contribution in [0.1, 0.15) is 18.4 Å². The molecule has 2 aromatic carbocycles. The largest absolute Gasteiger partial charge is 0.497 e. The van der Waals surface area contributed by atoms with Gasteiger partial charge in [-0.2, -0.15) is 0 Å². The van der Waals surface area contributed by atoms with Crippen LogP contribution in [0.3, 0.4) is 0 Å². The second-order valence-electron chi connectivity index (χ2n) is 6.60. The predicted octanol–water partition coefficient (Wildman–Crippen LogP) is 2.73. The van der Waals surface area contributed by atoms with Crippen molar-refractivity contribution in [2.45, 2.75) is 25.3 Å². The molecular weight excluding hydrogens is 342 g/mol. The molecule has 27 heavy (non-hydrogen) atoms. The standard InChI is InChI=1S/C21H25N3O3/c1-27-19-11-5-10-18(14-19)24-15-17(13-20(24)25)23-21(26)22-12-6-9-16-7-3-2-4-8-16/h2-5,7-8,10-11,14,17H,6,9,12-13,15H2,1H3,(H2,22,23,26). The number of anilines is 1. The molecule has 142 valence electrons. The summed E-state index contributed by atoms with van der Waals surface area (Å²) in [7, 11) is 1.59. The van der Waals surface area contributed by atoms with Gasteiger partial charge in [0.25, 0.3) is 0 Å². The van der Waals surface area contributed by atoms with Gasteiger partial charge in [0.1, 0.15) is 5.75 Å². The molecule has 0 aromatic heterocycles. The van der Waals surface area contributed by atoms with Crippen LogP contribution in [0, 0.1) is 0 Å². The van der Waals surface area contributed by atoms with Gasteiger partial charge in [-0.1, -0.05) is 36.4 Å². The lowest BCUT2D eigenvalue weighted by Crippen LogP contribution is -2.43. The molecule has 1 aliphatic heterocycles. The maximum atomic E-state index is 12.3. The van der Waals surface area contributed by atoms with Crippen LogP contribution in [0.15, 0.2) is 54.6 Å². The minimum Gasteiger partial charge on any atom is -0.497 e. The Labute approximate surface area is 159 Å². The Morgan fingerprint density at radius 2 is 2.00 bits per heavy atom. The van der Waals surface area contributed by atoms with Crippen molar-refractivity contribution < 1.29 is 14.3 Å². The van der Waals surface area contributed by atoms with Gasteiger partial charge >= 0.3 is 6.03 Å². The van der Waals surface area contributed by atoms with E-state index in [9.17, 15) is 9.59 Å². The highest BCUT2D eigenvalue weighted by molar-refractivity contribution is 5.97. The van der Waals surface area contributed by atoms with E-state index in [2.05, 4.69) is 22.8 Å². The Morgan fingerprint density at radius 1 is 1.19 bits per heavy atom. The first-order valence-corrected chi connectivity index (χ1v) is 9.18. The quantitative estimate of drug-likeness (QED) is 0.739. The topological polar surface area (TPSA) is 70.7 Å². The third-order valence-electron chi connectivity index (χ3n) is 4.60. The number of carbonyl (C=O) groups is 2. The average molecular weight is 367 g/mol. The lowest BCUT2D eigenvalue weighted by molar-refractivity contribution is -0.117. The summed E-state index contributed by atoms with van der Waals surface area (Å²) in [5.41, 5.74) is 2.04. The predicted molar refractivity (Wildman–Crippen MR) is 105 cm³/mol. The van der Waals surface area contributed by atoms with Crippen molar-refractivity contribution in [2.24, 2.45) is 0 Å². The number of nitrogens with one attached hydrogen (secondary N) is 2. The maximum absolute atomic E-state index is 12.3. The number of benzene rings is 2. The number of rotatable bonds is 7. The molecule has 0 aliphatic carbocycles. The SMILES string of the molecule is COc1cccc(N2CC(NC(=O)NCCCc3ccccc3)CC2=O)c1. The van der Waals surface area contributed by atoms with Crippen LogP contribution in [-0.4, -0.2) is 38.2 Å². The van der Waals surface area contributed by atoms with Crippen molar-refractivity contribution in [1.82, 2.24) is 10.6 Å². The van der Waals surface area contributed by atoms with E-state index >= 15 is 0 Å². The van der Waals surface area contributed by atoms with Crippen LogP contribution in [0.5, 0.6) is 5.75 Å². The van der Waals surface area contributed by atoms with Crippen LogP contribution in [0.4, 0.5) is 10.5 Å². The lowest BCUT2D eigenvalue weighted by atomic mass is 10.1. The molecule has 2 N–H and O–H groups in total. The van der Waals surface area contributed by atoms with Gasteiger partial charge in [0, 0.05) is 31.3 Å². The summed E-state index contributed by atoms with van der Waals surface area (Å²) in [6.45, 7) is 1.06. The highest BCUT2D eigenvalue weighted by Gasteiger charge is 2.31. The molecule has 1 unspecified atom stereocenters. The number of nitrogens with zero attached hydrogens (tertiary/aromatic N) is 1. The zero-order chi connectivity index (χ0) is 19.1. The smallest absolute Gasteiger partial charge is 0.315 e. The summed E-state index contributed by atoms with van der Waals surface area (Å²) in [4.78, 5) is 26.1. The average Bonchev–Trinajstić information content (AvgIpc) is 3.06.